The van der Waals surface area contributed by atoms with E-state index in [2.05, 4.69) is 65.8 Å². The number of nitrogens with zero attached hydrogens (tertiary/aromatic N) is 2. The average molecular weight is 331 g/mol. The van der Waals surface area contributed by atoms with Gasteiger partial charge in [-0.25, -0.2) is 0 Å². The fourth-order valence-corrected chi connectivity index (χ4v) is 3.59. The van der Waals surface area contributed by atoms with Crippen molar-refractivity contribution in [1.82, 2.24) is 15.5 Å². The second kappa shape index (κ2) is 9.07. The van der Waals surface area contributed by atoms with Gasteiger partial charge < -0.3 is 15.5 Å². The highest BCUT2D eigenvalue weighted by Crippen LogP contribution is 2.40. The van der Waals surface area contributed by atoms with Crippen molar-refractivity contribution in [3.63, 3.8) is 0 Å². The minimum atomic E-state index is 0.478. The molecule has 1 fully saturated rings. The van der Waals surface area contributed by atoms with Gasteiger partial charge in [0.15, 0.2) is 5.96 Å². The summed E-state index contributed by atoms with van der Waals surface area (Å²) in [7, 11) is 6.04. The van der Waals surface area contributed by atoms with Gasteiger partial charge in [0, 0.05) is 26.7 Å². The zero-order chi connectivity index (χ0) is 17.4. The monoisotopic (exact) mass is 330 g/mol. The highest BCUT2D eigenvalue weighted by Gasteiger charge is 2.31. The van der Waals surface area contributed by atoms with Gasteiger partial charge in [-0.05, 0) is 49.9 Å². The zero-order valence-electron chi connectivity index (χ0n) is 15.9. The lowest BCUT2D eigenvalue weighted by molar-refractivity contribution is 0.283. The van der Waals surface area contributed by atoms with E-state index in [-0.39, 0.29) is 0 Å². The molecule has 1 aliphatic rings. The molecule has 0 heterocycles. The van der Waals surface area contributed by atoms with E-state index in [1.807, 2.05) is 7.05 Å². The Morgan fingerprint density at radius 3 is 2.25 bits per heavy atom. The molecular formula is C20H34N4. The first kappa shape index (κ1) is 18.8. The lowest BCUT2D eigenvalue weighted by atomic mass is 9.83. The molecule has 0 atom stereocenters. The molecule has 1 saturated carbocycles. The molecule has 2 rings (SSSR count). The second-order valence-corrected chi connectivity index (χ2v) is 7.39. The van der Waals surface area contributed by atoms with Crippen LogP contribution in [-0.2, 0) is 13.1 Å². The molecule has 1 aliphatic carbocycles. The van der Waals surface area contributed by atoms with Gasteiger partial charge in [0.1, 0.15) is 0 Å². The highest BCUT2D eigenvalue weighted by atomic mass is 15.2. The van der Waals surface area contributed by atoms with Crippen molar-refractivity contribution in [1.29, 1.82) is 0 Å². The Labute approximate surface area is 147 Å². The molecule has 2 N–H and O–H groups in total. The zero-order valence-corrected chi connectivity index (χ0v) is 15.9. The van der Waals surface area contributed by atoms with E-state index in [4.69, 9.17) is 0 Å². The number of nitrogens with one attached hydrogen (secondary N) is 2. The summed E-state index contributed by atoms with van der Waals surface area (Å²) in [5.41, 5.74) is 3.11. The van der Waals surface area contributed by atoms with Gasteiger partial charge in [-0.1, -0.05) is 44.0 Å². The van der Waals surface area contributed by atoms with Gasteiger partial charge in [0.25, 0.3) is 0 Å². The van der Waals surface area contributed by atoms with Crippen molar-refractivity contribution in [3.05, 3.63) is 35.4 Å². The van der Waals surface area contributed by atoms with Crippen molar-refractivity contribution in [2.75, 3.05) is 27.7 Å². The smallest absolute Gasteiger partial charge is 0.191 e. The van der Waals surface area contributed by atoms with E-state index in [9.17, 15) is 0 Å². The van der Waals surface area contributed by atoms with E-state index in [0.717, 1.165) is 25.6 Å². The van der Waals surface area contributed by atoms with Gasteiger partial charge in [0.2, 0.25) is 0 Å². The van der Waals surface area contributed by atoms with E-state index in [0.29, 0.717) is 5.41 Å². The molecule has 1 aromatic rings. The fraction of sp³-hybridized carbons (Fsp3) is 0.650. The van der Waals surface area contributed by atoms with Crippen LogP contribution in [0.3, 0.4) is 0 Å². The molecule has 0 bridgehead atoms. The predicted molar refractivity (Wildman–Crippen MR) is 103 cm³/mol. The first-order valence-corrected chi connectivity index (χ1v) is 9.24. The molecular weight excluding hydrogens is 296 g/mol. The number of guanidine groups is 1. The van der Waals surface area contributed by atoms with Crippen LogP contribution in [0.4, 0.5) is 0 Å². The van der Waals surface area contributed by atoms with Crippen LogP contribution in [0.5, 0.6) is 0 Å². The van der Waals surface area contributed by atoms with Gasteiger partial charge in [-0.3, -0.25) is 4.99 Å². The number of hydrogen-bond donors (Lipinski definition) is 2. The van der Waals surface area contributed by atoms with Crippen LogP contribution < -0.4 is 10.6 Å². The quantitative estimate of drug-likeness (QED) is 0.595. The maximum atomic E-state index is 4.37. The van der Waals surface area contributed by atoms with E-state index < -0.39 is 0 Å². The second-order valence-electron chi connectivity index (χ2n) is 7.39. The van der Waals surface area contributed by atoms with Crippen molar-refractivity contribution in [3.8, 4) is 0 Å². The molecule has 0 amide bonds. The SMILES string of the molecule is CCC1(CNC(=NC)NCc2ccc(CN(C)C)cc2)CCCC1. The Kier molecular flexibility index (Phi) is 7.10. The van der Waals surface area contributed by atoms with Crippen LogP contribution in [-0.4, -0.2) is 38.5 Å². The maximum Gasteiger partial charge on any atom is 0.191 e. The predicted octanol–water partition coefficient (Wildman–Crippen LogP) is 3.38. The summed E-state index contributed by atoms with van der Waals surface area (Å²) in [6, 6.07) is 8.81. The minimum absolute atomic E-state index is 0.478. The third-order valence-corrected chi connectivity index (χ3v) is 5.25. The van der Waals surface area contributed by atoms with E-state index >= 15 is 0 Å². The van der Waals surface area contributed by atoms with Crippen molar-refractivity contribution in [2.45, 2.75) is 52.1 Å². The Morgan fingerprint density at radius 1 is 1.08 bits per heavy atom. The Morgan fingerprint density at radius 2 is 1.71 bits per heavy atom. The highest BCUT2D eigenvalue weighted by molar-refractivity contribution is 5.79. The van der Waals surface area contributed by atoms with Crippen LogP contribution in [0, 0.1) is 5.41 Å². The molecule has 24 heavy (non-hydrogen) atoms. The summed E-state index contributed by atoms with van der Waals surface area (Å²) < 4.78 is 0. The third-order valence-electron chi connectivity index (χ3n) is 5.25. The molecule has 0 aromatic heterocycles. The first-order valence-electron chi connectivity index (χ1n) is 9.24. The number of rotatable bonds is 7. The fourth-order valence-electron chi connectivity index (χ4n) is 3.59. The van der Waals surface area contributed by atoms with E-state index in [1.165, 1.54) is 43.2 Å². The summed E-state index contributed by atoms with van der Waals surface area (Å²) in [6.07, 6.45) is 6.70. The largest absolute Gasteiger partial charge is 0.356 e. The molecule has 4 nitrogen and oxygen atoms in total. The summed E-state index contributed by atoms with van der Waals surface area (Å²) in [5.74, 6) is 0.909. The lowest BCUT2D eigenvalue weighted by Crippen LogP contribution is -2.42. The van der Waals surface area contributed by atoms with Gasteiger partial charge in [-0.2, -0.15) is 0 Å². The number of aliphatic imine (C=N–C) groups is 1. The van der Waals surface area contributed by atoms with Crippen molar-refractivity contribution in [2.24, 2.45) is 10.4 Å². The number of hydrogen-bond acceptors (Lipinski definition) is 2. The molecule has 0 saturated heterocycles. The standard InChI is InChI=1S/C20H34N4/c1-5-20(12-6-7-13-20)16-23-19(21-2)22-14-17-8-10-18(11-9-17)15-24(3)4/h8-11H,5-7,12-16H2,1-4H3,(H2,21,22,23). The normalized spacial score (nSPS) is 17.3. The Bertz CT molecular complexity index is 513. The van der Waals surface area contributed by atoms with Crippen molar-refractivity contribution < 1.29 is 0 Å². The average Bonchev–Trinajstić information content (AvgIpc) is 3.05. The van der Waals surface area contributed by atoms with E-state index in [1.54, 1.807) is 0 Å². The van der Waals surface area contributed by atoms with Gasteiger partial charge >= 0.3 is 0 Å². The molecule has 0 spiro atoms. The molecule has 1 aromatic carbocycles. The lowest BCUT2D eigenvalue weighted by Gasteiger charge is -2.28. The van der Waals surface area contributed by atoms with Gasteiger partial charge in [0.05, 0.1) is 0 Å². The third kappa shape index (κ3) is 5.52. The van der Waals surface area contributed by atoms with Crippen LogP contribution >= 0.6 is 0 Å². The summed E-state index contributed by atoms with van der Waals surface area (Å²) >= 11 is 0. The molecule has 0 unspecified atom stereocenters. The topological polar surface area (TPSA) is 39.7 Å². The van der Waals surface area contributed by atoms with Crippen molar-refractivity contribution >= 4 is 5.96 Å². The molecule has 134 valence electrons. The summed E-state index contributed by atoms with van der Waals surface area (Å²) in [6.45, 7) is 5.14. The Balaban J connectivity index is 1.81. The number of benzene rings is 1. The van der Waals surface area contributed by atoms with Crippen LogP contribution in [0.25, 0.3) is 0 Å². The first-order chi connectivity index (χ1) is 11.6. The van der Waals surface area contributed by atoms with Gasteiger partial charge in [-0.15, -0.1) is 0 Å². The molecule has 4 heteroatoms. The van der Waals surface area contributed by atoms with Crippen LogP contribution in [0.15, 0.2) is 29.3 Å². The minimum Gasteiger partial charge on any atom is -0.356 e. The Hall–Kier alpha value is -1.55. The summed E-state index contributed by atoms with van der Waals surface area (Å²) in [5, 5.41) is 6.98. The molecule has 0 aliphatic heterocycles. The maximum absolute atomic E-state index is 4.37. The van der Waals surface area contributed by atoms with Crippen LogP contribution in [0.2, 0.25) is 0 Å². The van der Waals surface area contributed by atoms with Crippen LogP contribution in [0.1, 0.15) is 50.2 Å². The molecule has 0 radical (unpaired) electrons. The summed E-state index contributed by atoms with van der Waals surface area (Å²) in [4.78, 5) is 6.56.